The highest BCUT2D eigenvalue weighted by Crippen LogP contribution is 2.30. The summed E-state index contributed by atoms with van der Waals surface area (Å²) in [5, 5.41) is 3.81. The fraction of sp³-hybridized carbons (Fsp3) is 0.571. The molecule has 13 heteroatoms. The van der Waals surface area contributed by atoms with E-state index in [-0.39, 0.29) is 42.5 Å². The molecule has 3 heterocycles. The van der Waals surface area contributed by atoms with Crippen LogP contribution in [0.25, 0.3) is 0 Å². The van der Waals surface area contributed by atoms with E-state index in [1.807, 2.05) is 20.8 Å². The van der Waals surface area contributed by atoms with Gasteiger partial charge in [0.25, 0.3) is 0 Å². The third-order valence-electron chi connectivity index (χ3n) is 6.19. The zero-order valence-electron chi connectivity index (χ0n) is 24.2. The van der Waals surface area contributed by atoms with Crippen molar-refractivity contribution in [3.8, 4) is 5.75 Å². The molecule has 1 unspecified atom stereocenters. The minimum atomic E-state index is -0.756. The van der Waals surface area contributed by atoms with Gasteiger partial charge in [-0.15, -0.1) is 0 Å². The molecule has 12 nitrogen and oxygen atoms in total. The van der Waals surface area contributed by atoms with E-state index in [9.17, 15) is 14.4 Å². The highest BCUT2D eigenvalue weighted by atomic mass is 19.1. The molecule has 2 aromatic rings. The van der Waals surface area contributed by atoms with Gasteiger partial charge in [-0.1, -0.05) is 5.16 Å². The van der Waals surface area contributed by atoms with E-state index in [2.05, 4.69) is 5.16 Å². The van der Waals surface area contributed by atoms with Gasteiger partial charge < -0.3 is 28.4 Å². The lowest BCUT2D eigenvalue weighted by molar-refractivity contribution is 0.0123. The Kier molecular flexibility index (Phi) is 8.64. The van der Waals surface area contributed by atoms with E-state index >= 15 is 4.39 Å². The second-order valence-electron chi connectivity index (χ2n) is 12.0. The maximum absolute atomic E-state index is 15.1. The van der Waals surface area contributed by atoms with Crippen LogP contribution < -0.4 is 14.5 Å². The zero-order chi connectivity index (χ0) is 29.9. The summed E-state index contributed by atoms with van der Waals surface area (Å²) >= 11 is 0. The first-order valence-electron chi connectivity index (χ1n) is 13.5. The van der Waals surface area contributed by atoms with Crippen LogP contribution in [0.5, 0.6) is 5.75 Å². The second-order valence-corrected chi connectivity index (χ2v) is 12.0. The molecule has 2 aliphatic rings. The quantitative estimate of drug-likeness (QED) is 0.418. The van der Waals surface area contributed by atoms with E-state index in [1.165, 1.54) is 34.3 Å². The SMILES string of the molecule is CC(C)(C)OC(=O)N1CCC(Oc2ccc(N3CC(CN(C(=O)OC(C)(C)C)c4ccon4)OC3=O)cc2F)CC1. The molecule has 2 saturated heterocycles. The van der Waals surface area contributed by atoms with E-state index < -0.39 is 35.3 Å². The summed E-state index contributed by atoms with van der Waals surface area (Å²) < 4.78 is 42.1. The standard InChI is InChI=1S/C28H37FN4O8/c1-27(2,3)40-24(34)31-12-9-19(10-13-31)38-22-8-7-18(15-21(22)29)32-16-20(39-25(32)35)17-33(23-11-14-37-30-23)26(36)41-28(4,5)6/h7-8,11,14-15,19-20H,9-10,12-13,16-17H2,1-6H3. The monoisotopic (exact) mass is 576 g/mol. The number of hydrogen-bond acceptors (Lipinski definition) is 9. The lowest BCUT2D eigenvalue weighted by atomic mass is 10.1. The number of hydrogen-bond donors (Lipinski definition) is 0. The topological polar surface area (TPSA) is 124 Å². The van der Waals surface area contributed by atoms with Gasteiger partial charge in [-0.2, -0.15) is 0 Å². The Bertz CT molecular complexity index is 1230. The van der Waals surface area contributed by atoms with Crippen LogP contribution in [0.4, 0.5) is 30.3 Å². The smallest absolute Gasteiger partial charge is 0.416 e. The summed E-state index contributed by atoms with van der Waals surface area (Å²) in [6.07, 6.45) is -0.368. The van der Waals surface area contributed by atoms with Gasteiger partial charge in [0.1, 0.15) is 29.7 Å². The van der Waals surface area contributed by atoms with Gasteiger partial charge in [0.15, 0.2) is 17.4 Å². The predicted octanol–water partition coefficient (Wildman–Crippen LogP) is 5.36. The van der Waals surface area contributed by atoms with Gasteiger partial charge >= 0.3 is 18.3 Å². The third-order valence-corrected chi connectivity index (χ3v) is 6.19. The van der Waals surface area contributed by atoms with Crippen molar-refractivity contribution in [2.75, 3.05) is 36.0 Å². The highest BCUT2D eigenvalue weighted by Gasteiger charge is 2.37. The molecule has 0 aliphatic carbocycles. The molecule has 0 saturated carbocycles. The van der Waals surface area contributed by atoms with Gasteiger partial charge in [0.2, 0.25) is 0 Å². The van der Waals surface area contributed by atoms with Gasteiger partial charge in [-0.25, -0.2) is 18.8 Å². The van der Waals surface area contributed by atoms with Crippen LogP contribution in [-0.2, 0) is 14.2 Å². The summed E-state index contributed by atoms with van der Waals surface area (Å²) in [5.74, 6) is -0.375. The maximum Gasteiger partial charge on any atom is 0.416 e. The Balaban J connectivity index is 1.35. The number of anilines is 2. The lowest BCUT2D eigenvalue weighted by Crippen LogP contribution is -2.44. The van der Waals surface area contributed by atoms with Crippen molar-refractivity contribution in [1.29, 1.82) is 0 Å². The van der Waals surface area contributed by atoms with E-state index in [1.54, 1.807) is 31.7 Å². The van der Waals surface area contributed by atoms with Crippen LogP contribution in [0.15, 0.2) is 35.1 Å². The van der Waals surface area contributed by atoms with Crippen molar-refractivity contribution < 1.29 is 42.2 Å². The largest absolute Gasteiger partial charge is 0.487 e. The van der Waals surface area contributed by atoms with E-state index in [4.69, 9.17) is 23.5 Å². The summed E-state index contributed by atoms with van der Waals surface area (Å²) in [6.45, 7) is 11.5. The number of cyclic esters (lactones) is 1. The van der Waals surface area contributed by atoms with E-state index in [0.717, 1.165) is 0 Å². The Hall–Kier alpha value is -4.03. The minimum absolute atomic E-state index is 0.0463. The Morgan fingerprint density at radius 3 is 2.34 bits per heavy atom. The van der Waals surface area contributed by atoms with Crippen LogP contribution in [0.1, 0.15) is 54.4 Å². The molecule has 2 aliphatic heterocycles. The van der Waals surface area contributed by atoms with Gasteiger partial charge in [0, 0.05) is 38.1 Å². The third kappa shape index (κ3) is 8.01. The normalized spacial score (nSPS) is 18.2. The second kappa shape index (κ2) is 11.8. The minimum Gasteiger partial charge on any atom is -0.487 e. The number of rotatable bonds is 6. The molecule has 0 bridgehead atoms. The number of amides is 3. The number of halogens is 1. The molecular weight excluding hydrogens is 539 g/mol. The summed E-state index contributed by atoms with van der Waals surface area (Å²) in [4.78, 5) is 41.9. The zero-order valence-corrected chi connectivity index (χ0v) is 24.2. The first kappa shape index (κ1) is 29.9. The molecule has 1 aromatic heterocycles. The van der Waals surface area contributed by atoms with Crippen LogP contribution in [0.2, 0.25) is 0 Å². The highest BCUT2D eigenvalue weighted by molar-refractivity contribution is 5.91. The number of carbonyl (C=O) groups is 3. The Labute approximate surface area is 238 Å². The Morgan fingerprint density at radius 2 is 1.76 bits per heavy atom. The summed E-state index contributed by atoms with van der Waals surface area (Å²) in [7, 11) is 0. The average Bonchev–Trinajstić information content (AvgIpc) is 3.52. The first-order valence-corrected chi connectivity index (χ1v) is 13.5. The van der Waals surface area contributed by atoms with Crippen LogP contribution in [0, 0.1) is 5.82 Å². The molecule has 3 amide bonds. The molecular formula is C28H37FN4O8. The van der Waals surface area contributed by atoms with Crippen LogP contribution in [-0.4, -0.2) is 77.9 Å². The number of carbonyl (C=O) groups excluding carboxylic acids is 3. The molecule has 0 N–H and O–H groups in total. The molecule has 1 atom stereocenters. The molecule has 41 heavy (non-hydrogen) atoms. The fourth-order valence-corrected chi connectivity index (χ4v) is 4.37. The number of nitrogens with zero attached hydrogens (tertiary/aromatic N) is 4. The summed E-state index contributed by atoms with van der Waals surface area (Å²) in [5.41, 5.74) is -1.05. The molecule has 0 radical (unpaired) electrons. The average molecular weight is 577 g/mol. The number of aromatic nitrogens is 1. The number of ether oxygens (including phenoxy) is 4. The summed E-state index contributed by atoms with van der Waals surface area (Å²) in [6, 6.07) is 5.74. The van der Waals surface area contributed by atoms with Crippen molar-refractivity contribution in [1.82, 2.24) is 10.1 Å². The van der Waals surface area contributed by atoms with Gasteiger partial charge in [-0.05, 0) is 53.7 Å². The van der Waals surface area contributed by atoms with Crippen molar-refractivity contribution >= 4 is 29.8 Å². The number of likely N-dealkylation sites (tertiary alicyclic amines) is 1. The molecule has 0 spiro atoms. The van der Waals surface area contributed by atoms with Crippen LogP contribution in [0.3, 0.4) is 0 Å². The maximum atomic E-state index is 15.1. The van der Waals surface area contributed by atoms with Crippen molar-refractivity contribution in [2.45, 2.75) is 77.8 Å². The fourth-order valence-electron chi connectivity index (χ4n) is 4.37. The molecule has 1 aromatic carbocycles. The number of benzene rings is 1. The molecule has 224 valence electrons. The lowest BCUT2D eigenvalue weighted by Gasteiger charge is -2.33. The molecule has 4 rings (SSSR count). The first-order chi connectivity index (χ1) is 19.2. The van der Waals surface area contributed by atoms with E-state index in [0.29, 0.717) is 25.9 Å². The number of piperidine rings is 1. The molecule has 2 fully saturated rings. The van der Waals surface area contributed by atoms with Crippen LogP contribution >= 0.6 is 0 Å². The van der Waals surface area contributed by atoms with Gasteiger partial charge in [0.05, 0.1) is 18.8 Å². The van der Waals surface area contributed by atoms with Crippen molar-refractivity contribution in [3.63, 3.8) is 0 Å². The van der Waals surface area contributed by atoms with Crippen molar-refractivity contribution in [2.24, 2.45) is 0 Å². The Morgan fingerprint density at radius 1 is 1.07 bits per heavy atom. The van der Waals surface area contributed by atoms with Crippen molar-refractivity contribution in [3.05, 3.63) is 36.3 Å². The van der Waals surface area contributed by atoms with Gasteiger partial charge in [-0.3, -0.25) is 9.80 Å². The predicted molar refractivity (Wildman–Crippen MR) is 146 cm³/mol.